The Bertz CT molecular complexity index is 531. The lowest BCUT2D eigenvalue weighted by Crippen LogP contribution is -2.17. The van der Waals surface area contributed by atoms with E-state index >= 15 is 0 Å². The maximum atomic E-state index is 5.74. The van der Waals surface area contributed by atoms with Crippen molar-refractivity contribution in [3.8, 4) is 0 Å². The summed E-state index contributed by atoms with van der Waals surface area (Å²) < 4.78 is 2.09. The molecule has 1 atom stereocenters. The van der Waals surface area contributed by atoms with Crippen molar-refractivity contribution in [1.29, 1.82) is 0 Å². The predicted octanol–water partition coefficient (Wildman–Crippen LogP) is 1.56. The molecule has 1 aliphatic rings. The van der Waals surface area contributed by atoms with Crippen molar-refractivity contribution in [2.24, 2.45) is 5.73 Å². The zero-order valence-electron chi connectivity index (χ0n) is 10.1. The standard InChI is InChI=1S/C13H18N4/c1-16-6-3-5-12(16)11-9-17-7-2-4-10(8-14)13(17)15-11/h2,4,7,9,12H,3,5-6,8,14H2,1H3. The Kier molecular flexibility index (Phi) is 2.61. The summed E-state index contributed by atoms with van der Waals surface area (Å²) in [4.78, 5) is 7.14. The van der Waals surface area contributed by atoms with E-state index in [0.717, 1.165) is 11.2 Å². The lowest BCUT2D eigenvalue weighted by atomic mass is 10.2. The van der Waals surface area contributed by atoms with E-state index in [4.69, 9.17) is 10.7 Å². The highest BCUT2D eigenvalue weighted by molar-refractivity contribution is 5.49. The molecule has 2 aromatic rings. The van der Waals surface area contributed by atoms with Crippen LogP contribution in [0.2, 0.25) is 0 Å². The van der Waals surface area contributed by atoms with Crippen LogP contribution in [-0.2, 0) is 6.54 Å². The lowest BCUT2D eigenvalue weighted by molar-refractivity contribution is 0.313. The van der Waals surface area contributed by atoms with Gasteiger partial charge in [0.1, 0.15) is 5.65 Å². The molecule has 1 fully saturated rings. The molecule has 3 heterocycles. The van der Waals surface area contributed by atoms with Gasteiger partial charge in [0.2, 0.25) is 0 Å². The number of rotatable bonds is 2. The number of hydrogen-bond acceptors (Lipinski definition) is 3. The average molecular weight is 230 g/mol. The Morgan fingerprint density at radius 1 is 1.53 bits per heavy atom. The summed E-state index contributed by atoms with van der Waals surface area (Å²) in [5.74, 6) is 0. The number of aromatic nitrogens is 2. The molecule has 4 nitrogen and oxygen atoms in total. The van der Waals surface area contributed by atoms with E-state index in [0.29, 0.717) is 12.6 Å². The number of hydrogen-bond donors (Lipinski definition) is 1. The van der Waals surface area contributed by atoms with Crippen LogP contribution in [0.4, 0.5) is 0 Å². The van der Waals surface area contributed by atoms with Gasteiger partial charge in [0.15, 0.2) is 0 Å². The molecular weight excluding hydrogens is 212 g/mol. The summed E-state index contributed by atoms with van der Waals surface area (Å²) in [5.41, 5.74) is 9.03. The zero-order chi connectivity index (χ0) is 11.8. The van der Waals surface area contributed by atoms with Crippen molar-refractivity contribution >= 4 is 5.65 Å². The highest BCUT2D eigenvalue weighted by Crippen LogP contribution is 2.30. The number of nitrogens with two attached hydrogens (primary N) is 1. The van der Waals surface area contributed by atoms with Gasteiger partial charge in [-0.3, -0.25) is 4.90 Å². The number of fused-ring (bicyclic) bond motifs is 1. The summed E-state index contributed by atoms with van der Waals surface area (Å²) in [6, 6.07) is 4.55. The van der Waals surface area contributed by atoms with Gasteiger partial charge in [-0.05, 0) is 32.5 Å². The number of nitrogens with zero attached hydrogens (tertiary/aromatic N) is 3. The van der Waals surface area contributed by atoms with Crippen LogP contribution < -0.4 is 5.73 Å². The van der Waals surface area contributed by atoms with Crippen LogP contribution in [0.5, 0.6) is 0 Å². The van der Waals surface area contributed by atoms with Crippen LogP contribution in [0.15, 0.2) is 24.5 Å². The first kappa shape index (κ1) is 10.7. The fourth-order valence-electron chi connectivity index (χ4n) is 2.69. The quantitative estimate of drug-likeness (QED) is 0.851. The van der Waals surface area contributed by atoms with E-state index < -0.39 is 0 Å². The Morgan fingerprint density at radius 3 is 3.12 bits per heavy atom. The SMILES string of the molecule is CN1CCCC1c1cn2cccc(CN)c2n1. The monoisotopic (exact) mass is 230 g/mol. The topological polar surface area (TPSA) is 46.6 Å². The number of imidazole rings is 1. The van der Waals surface area contributed by atoms with Gasteiger partial charge < -0.3 is 10.1 Å². The van der Waals surface area contributed by atoms with Crippen molar-refractivity contribution in [3.63, 3.8) is 0 Å². The maximum absolute atomic E-state index is 5.74. The third-order valence-electron chi connectivity index (χ3n) is 3.66. The van der Waals surface area contributed by atoms with Crippen molar-refractivity contribution in [1.82, 2.24) is 14.3 Å². The van der Waals surface area contributed by atoms with Crippen LogP contribution >= 0.6 is 0 Å². The molecule has 0 saturated carbocycles. The van der Waals surface area contributed by atoms with E-state index in [1.807, 2.05) is 18.3 Å². The van der Waals surface area contributed by atoms with Crippen LogP contribution in [0.25, 0.3) is 5.65 Å². The van der Waals surface area contributed by atoms with Crippen molar-refractivity contribution < 1.29 is 0 Å². The molecule has 1 unspecified atom stereocenters. The van der Waals surface area contributed by atoms with E-state index in [1.54, 1.807) is 0 Å². The van der Waals surface area contributed by atoms with Crippen LogP contribution in [0, 0.1) is 0 Å². The fourth-order valence-corrected chi connectivity index (χ4v) is 2.69. The molecular formula is C13H18N4. The Hall–Kier alpha value is -1.39. The molecule has 4 heteroatoms. The van der Waals surface area contributed by atoms with E-state index in [-0.39, 0.29) is 0 Å². The molecule has 0 aromatic carbocycles. The summed E-state index contributed by atoms with van der Waals surface area (Å²) in [6.07, 6.45) is 6.65. The molecule has 3 rings (SSSR count). The van der Waals surface area contributed by atoms with Crippen LogP contribution in [0.1, 0.15) is 30.1 Å². The minimum atomic E-state index is 0.473. The first-order valence-electron chi connectivity index (χ1n) is 6.16. The van der Waals surface area contributed by atoms with Crippen molar-refractivity contribution in [2.45, 2.75) is 25.4 Å². The van der Waals surface area contributed by atoms with Crippen LogP contribution in [0.3, 0.4) is 0 Å². The van der Waals surface area contributed by atoms with Crippen molar-refractivity contribution in [2.75, 3.05) is 13.6 Å². The van der Waals surface area contributed by atoms with Gasteiger partial charge >= 0.3 is 0 Å². The zero-order valence-corrected chi connectivity index (χ0v) is 10.1. The molecule has 1 saturated heterocycles. The number of pyridine rings is 1. The second-order valence-electron chi connectivity index (χ2n) is 4.77. The highest BCUT2D eigenvalue weighted by Gasteiger charge is 2.24. The van der Waals surface area contributed by atoms with Gasteiger partial charge in [-0.1, -0.05) is 6.07 Å². The summed E-state index contributed by atoms with van der Waals surface area (Å²) in [7, 11) is 2.17. The van der Waals surface area contributed by atoms with E-state index in [1.165, 1.54) is 25.1 Å². The largest absolute Gasteiger partial charge is 0.326 e. The van der Waals surface area contributed by atoms with Gasteiger partial charge in [0.05, 0.1) is 11.7 Å². The average Bonchev–Trinajstić information content (AvgIpc) is 2.93. The Labute approximate surface area is 101 Å². The van der Waals surface area contributed by atoms with Gasteiger partial charge in [0, 0.05) is 24.5 Å². The molecule has 0 spiro atoms. The summed E-state index contributed by atoms with van der Waals surface area (Å²) >= 11 is 0. The highest BCUT2D eigenvalue weighted by atomic mass is 15.2. The second kappa shape index (κ2) is 4.13. The molecule has 0 aliphatic carbocycles. The molecule has 90 valence electrons. The van der Waals surface area contributed by atoms with E-state index in [2.05, 4.69) is 22.5 Å². The molecule has 17 heavy (non-hydrogen) atoms. The fraction of sp³-hybridized carbons (Fsp3) is 0.462. The summed E-state index contributed by atoms with van der Waals surface area (Å²) in [6.45, 7) is 1.71. The minimum absolute atomic E-state index is 0.473. The van der Waals surface area contributed by atoms with Crippen LogP contribution in [-0.4, -0.2) is 27.9 Å². The van der Waals surface area contributed by atoms with Crippen molar-refractivity contribution in [3.05, 3.63) is 35.8 Å². The smallest absolute Gasteiger partial charge is 0.141 e. The molecule has 0 radical (unpaired) electrons. The molecule has 0 bridgehead atoms. The Morgan fingerprint density at radius 2 is 2.41 bits per heavy atom. The van der Waals surface area contributed by atoms with Gasteiger partial charge in [-0.25, -0.2) is 4.98 Å². The third kappa shape index (κ3) is 1.73. The van der Waals surface area contributed by atoms with Gasteiger partial charge in [-0.2, -0.15) is 0 Å². The molecule has 2 aromatic heterocycles. The third-order valence-corrected chi connectivity index (χ3v) is 3.66. The van der Waals surface area contributed by atoms with Gasteiger partial charge in [-0.15, -0.1) is 0 Å². The minimum Gasteiger partial charge on any atom is -0.326 e. The summed E-state index contributed by atoms with van der Waals surface area (Å²) in [5, 5.41) is 0. The normalized spacial score (nSPS) is 21.4. The first-order chi connectivity index (χ1) is 8.29. The molecule has 1 aliphatic heterocycles. The lowest BCUT2D eigenvalue weighted by Gasteiger charge is -2.16. The van der Waals surface area contributed by atoms with Gasteiger partial charge in [0.25, 0.3) is 0 Å². The molecule has 2 N–H and O–H groups in total. The maximum Gasteiger partial charge on any atom is 0.141 e. The molecule has 0 amide bonds. The Balaban J connectivity index is 2.07. The first-order valence-corrected chi connectivity index (χ1v) is 6.16. The van der Waals surface area contributed by atoms with E-state index in [9.17, 15) is 0 Å². The predicted molar refractivity (Wildman–Crippen MR) is 67.7 cm³/mol. The number of likely N-dealkylation sites (tertiary alicyclic amines) is 1. The second-order valence-corrected chi connectivity index (χ2v) is 4.77.